The van der Waals surface area contributed by atoms with Gasteiger partial charge in [-0.2, -0.15) is 13.2 Å². The summed E-state index contributed by atoms with van der Waals surface area (Å²) in [6.07, 6.45) is -2.67. The summed E-state index contributed by atoms with van der Waals surface area (Å²) in [6.45, 7) is 5.83. The second-order valence-corrected chi connectivity index (χ2v) is 4.92. The van der Waals surface area contributed by atoms with Crippen molar-refractivity contribution in [1.82, 2.24) is 4.98 Å². The van der Waals surface area contributed by atoms with Gasteiger partial charge in [-0.15, -0.1) is 0 Å². The van der Waals surface area contributed by atoms with E-state index in [-0.39, 0.29) is 17.2 Å². The molecule has 3 N–H and O–H groups in total. The smallest absolute Gasteiger partial charge is 0.384 e. The quantitative estimate of drug-likeness (QED) is 0.869. The van der Waals surface area contributed by atoms with Gasteiger partial charge in [0, 0.05) is 5.54 Å². The van der Waals surface area contributed by atoms with E-state index in [1.807, 2.05) is 20.8 Å². The summed E-state index contributed by atoms with van der Waals surface area (Å²) < 4.78 is 37.9. The van der Waals surface area contributed by atoms with Crippen LogP contribution in [-0.4, -0.2) is 10.5 Å². The number of hydrogen-bond donors (Lipinski definition) is 2. The van der Waals surface area contributed by atoms with E-state index in [4.69, 9.17) is 5.73 Å². The third-order valence-corrected chi connectivity index (χ3v) is 2.51. The van der Waals surface area contributed by atoms with E-state index in [2.05, 4.69) is 10.3 Å². The molecule has 0 aliphatic carbocycles. The third-order valence-electron chi connectivity index (χ3n) is 2.51. The highest BCUT2D eigenvalue weighted by Crippen LogP contribution is 2.32. The molecule has 0 unspecified atom stereocenters. The van der Waals surface area contributed by atoms with Crippen LogP contribution >= 0.6 is 0 Å². The number of halogens is 3. The van der Waals surface area contributed by atoms with Gasteiger partial charge in [-0.3, -0.25) is 0 Å². The Kier molecular flexibility index (Phi) is 4.09. The Morgan fingerprint density at radius 3 is 2.39 bits per heavy atom. The molecule has 0 spiro atoms. The molecule has 102 valence electrons. The molecule has 3 nitrogen and oxygen atoms in total. The monoisotopic (exact) mass is 261 g/mol. The Hall–Kier alpha value is -1.46. The molecule has 0 aliphatic rings. The van der Waals surface area contributed by atoms with Gasteiger partial charge in [0.2, 0.25) is 0 Å². The van der Waals surface area contributed by atoms with Gasteiger partial charge in [-0.25, -0.2) is 4.98 Å². The number of hydrogen-bond acceptors (Lipinski definition) is 3. The zero-order valence-electron chi connectivity index (χ0n) is 10.7. The van der Waals surface area contributed by atoms with Crippen molar-refractivity contribution in [3.63, 3.8) is 0 Å². The van der Waals surface area contributed by atoms with E-state index in [1.54, 1.807) is 0 Å². The maximum Gasteiger partial charge on any atom is 0.416 e. The van der Waals surface area contributed by atoms with Crippen LogP contribution in [0.4, 0.5) is 24.8 Å². The van der Waals surface area contributed by atoms with Crippen LogP contribution in [0.2, 0.25) is 0 Å². The molecule has 0 aromatic carbocycles. The number of anilines is 2. The molecule has 0 saturated heterocycles. The first-order chi connectivity index (χ1) is 8.14. The molecule has 1 rings (SSSR count). The van der Waals surface area contributed by atoms with Crippen LogP contribution in [-0.2, 0) is 6.18 Å². The Labute approximate surface area is 105 Å². The lowest BCUT2D eigenvalue weighted by atomic mass is 9.99. The Morgan fingerprint density at radius 2 is 1.89 bits per heavy atom. The molecule has 0 bridgehead atoms. The minimum Gasteiger partial charge on any atom is -0.384 e. The zero-order valence-corrected chi connectivity index (χ0v) is 10.7. The Morgan fingerprint density at radius 1 is 1.28 bits per heavy atom. The summed E-state index contributed by atoms with van der Waals surface area (Å²) in [5, 5.41) is 2.98. The summed E-state index contributed by atoms with van der Waals surface area (Å²) >= 11 is 0. The van der Waals surface area contributed by atoms with Gasteiger partial charge in [-0.1, -0.05) is 13.3 Å². The van der Waals surface area contributed by atoms with Crippen molar-refractivity contribution in [3.8, 4) is 0 Å². The number of nitrogens with two attached hydrogens (primary N) is 1. The standard InChI is InChI=1S/C12H18F3N3/c1-4-5-11(2,3)18-10-7-8(12(13,14)15)6-9(16)17-10/h6-7H,4-5H2,1-3H3,(H3,16,17,18). The van der Waals surface area contributed by atoms with E-state index < -0.39 is 11.7 Å². The van der Waals surface area contributed by atoms with Crippen molar-refractivity contribution < 1.29 is 13.2 Å². The average Bonchev–Trinajstić information content (AvgIpc) is 2.13. The lowest BCUT2D eigenvalue weighted by Gasteiger charge is -2.27. The highest BCUT2D eigenvalue weighted by atomic mass is 19.4. The van der Waals surface area contributed by atoms with Crippen LogP contribution in [0.5, 0.6) is 0 Å². The third kappa shape index (κ3) is 4.09. The maximum absolute atomic E-state index is 12.6. The van der Waals surface area contributed by atoms with Gasteiger partial charge < -0.3 is 11.1 Å². The molecule has 0 atom stereocenters. The molecule has 1 heterocycles. The molecule has 1 aromatic heterocycles. The molecule has 0 saturated carbocycles. The van der Waals surface area contributed by atoms with Gasteiger partial charge >= 0.3 is 6.18 Å². The van der Waals surface area contributed by atoms with Gasteiger partial charge in [-0.05, 0) is 32.4 Å². The lowest BCUT2D eigenvalue weighted by Crippen LogP contribution is -2.31. The fourth-order valence-corrected chi connectivity index (χ4v) is 1.81. The van der Waals surface area contributed by atoms with Crippen LogP contribution in [0.1, 0.15) is 39.2 Å². The largest absolute Gasteiger partial charge is 0.416 e. The molecular formula is C12H18F3N3. The molecule has 0 aliphatic heterocycles. The van der Waals surface area contributed by atoms with Crippen molar-refractivity contribution >= 4 is 11.6 Å². The van der Waals surface area contributed by atoms with Crippen molar-refractivity contribution in [2.45, 2.75) is 45.3 Å². The van der Waals surface area contributed by atoms with Gasteiger partial charge in [0.15, 0.2) is 0 Å². The minimum absolute atomic E-state index is 0.139. The summed E-state index contributed by atoms with van der Waals surface area (Å²) in [4.78, 5) is 3.88. The van der Waals surface area contributed by atoms with E-state index in [1.165, 1.54) is 0 Å². The zero-order chi connectivity index (χ0) is 14.0. The summed E-state index contributed by atoms with van der Waals surface area (Å²) in [6, 6.07) is 1.81. The molecule has 0 radical (unpaired) electrons. The molecule has 0 amide bonds. The summed E-state index contributed by atoms with van der Waals surface area (Å²) in [5.74, 6) is 0.0143. The fourth-order valence-electron chi connectivity index (χ4n) is 1.81. The number of nitrogens with zero attached hydrogens (tertiary/aromatic N) is 1. The predicted molar refractivity (Wildman–Crippen MR) is 66.3 cm³/mol. The number of nitrogen functional groups attached to an aromatic ring is 1. The van der Waals surface area contributed by atoms with Gasteiger partial charge in [0.25, 0.3) is 0 Å². The number of alkyl halides is 3. The van der Waals surface area contributed by atoms with Crippen LogP contribution in [0.15, 0.2) is 12.1 Å². The number of rotatable bonds is 4. The number of aromatic nitrogens is 1. The molecule has 1 aromatic rings. The van der Waals surface area contributed by atoms with Crippen LogP contribution < -0.4 is 11.1 Å². The van der Waals surface area contributed by atoms with Crippen molar-refractivity contribution in [1.29, 1.82) is 0 Å². The number of pyridine rings is 1. The second kappa shape index (κ2) is 5.04. The minimum atomic E-state index is -4.41. The Balaban J connectivity index is 3.00. The van der Waals surface area contributed by atoms with E-state index in [0.29, 0.717) is 0 Å². The van der Waals surface area contributed by atoms with Gasteiger partial charge in [0.05, 0.1) is 5.56 Å². The van der Waals surface area contributed by atoms with E-state index in [9.17, 15) is 13.2 Å². The topological polar surface area (TPSA) is 50.9 Å². The van der Waals surface area contributed by atoms with Crippen molar-refractivity contribution in [3.05, 3.63) is 17.7 Å². The average molecular weight is 261 g/mol. The predicted octanol–water partition coefficient (Wildman–Crippen LogP) is 3.67. The molecule has 0 fully saturated rings. The van der Waals surface area contributed by atoms with E-state index >= 15 is 0 Å². The van der Waals surface area contributed by atoms with Crippen molar-refractivity contribution in [2.24, 2.45) is 0 Å². The summed E-state index contributed by atoms with van der Waals surface area (Å²) in [7, 11) is 0. The highest BCUT2D eigenvalue weighted by Gasteiger charge is 2.32. The highest BCUT2D eigenvalue weighted by molar-refractivity contribution is 5.48. The van der Waals surface area contributed by atoms with Crippen LogP contribution in [0, 0.1) is 0 Å². The molecular weight excluding hydrogens is 243 g/mol. The second-order valence-electron chi connectivity index (χ2n) is 4.92. The SMILES string of the molecule is CCCC(C)(C)Nc1cc(C(F)(F)F)cc(N)n1. The summed E-state index contributed by atoms with van der Waals surface area (Å²) in [5.41, 5.74) is 4.29. The first kappa shape index (κ1) is 14.6. The molecule has 6 heteroatoms. The first-order valence-electron chi connectivity index (χ1n) is 5.77. The van der Waals surface area contributed by atoms with Gasteiger partial charge in [0.1, 0.15) is 11.6 Å². The first-order valence-corrected chi connectivity index (χ1v) is 5.77. The van der Waals surface area contributed by atoms with Crippen LogP contribution in [0.3, 0.4) is 0 Å². The van der Waals surface area contributed by atoms with Crippen molar-refractivity contribution in [2.75, 3.05) is 11.1 Å². The number of nitrogens with one attached hydrogen (secondary N) is 1. The molecule has 18 heavy (non-hydrogen) atoms. The fraction of sp³-hybridized carbons (Fsp3) is 0.583. The normalized spacial score (nSPS) is 12.6. The van der Waals surface area contributed by atoms with E-state index in [0.717, 1.165) is 25.0 Å². The Bertz CT molecular complexity index is 414. The maximum atomic E-state index is 12.6. The lowest BCUT2D eigenvalue weighted by molar-refractivity contribution is -0.137. The van der Waals surface area contributed by atoms with Crippen LogP contribution in [0.25, 0.3) is 0 Å².